The van der Waals surface area contributed by atoms with Gasteiger partial charge in [0.1, 0.15) is 11.5 Å². The van der Waals surface area contributed by atoms with E-state index in [-0.39, 0.29) is 6.04 Å². The summed E-state index contributed by atoms with van der Waals surface area (Å²) >= 11 is 0. The van der Waals surface area contributed by atoms with Crippen LogP contribution in [0.4, 0.5) is 28.4 Å². The summed E-state index contributed by atoms with van der Waals surface area (Å²) < 4.78 is 6.68. The number of allylic oxidation sites excluding steroid dienone is 2. The highest BCUT2D eigenvalue weighted by Crippen LogP contribution is 2.63. The van der Waals surface area contributed by atoms with E-state index >= 15 is 0 Å². The summed E-state index contributed by atoms with van der Waals surface area (Å²) in [5.74, 6) is 1.84. The highest BCUT2D eigenvalue weighted by atomic mass is 16.5. The minimum absolute atomic E-state index is 0.0266. The largest absolute Gasteiger partial charge is 0.457 e. The molecule has 4 aliphatic rings. The van der Waals surface area contributed by atoms with Crippen LogP contribution in [0.15, 0.2) is 242 Å². The van der Waals surface area contributed by atoms with Gasteiger partial charge in [0.15, 0.2) is 0 Å². The van der Waals surface area contributed by atoms with Gasteiger partial charge in [-0.1, -0.05) is 188 Å². The van der Waals surface area contributed by atoms with Crippen molar-refractivity contribution in [2.45, 2.75) is 17.9 Å². The molecule has 2 aliphatic heterocycles. The minimum atomic E-state index is -0.493. The van der Waals surface area contributed by atoms with Crippen LogP contribution in [0.25, 0.3) is 40.0 Å². The summed E-state index contributed by atoms with van der Waals surface area (Å²) in [4.78, 5) is 4.92. The Kier molecular flexibility index (Phi) is 8.89. The Morgan fingerprint density at radius 1 is 0.424 bits per heavy atom. The molecule has 2 heterocycles. The van der Waals surface area contributed by atoms with Gasteiger partial charge in [0, 0.05) is 28.2 Å². The van der Waals surface area contributed by atoms with Crippen molar-refractivity contribution in [3.63, 3.8) is 0 Å². The minimum Gasteiger partial charge on any atom is -0.457 e. The zero-order valence-electron chi connectivity index (χ0n) is 36.3. The Hall–Kier alpha value is -8.40. The van der Waals surface area contributed by atoms with Gasteiger partial charge in [-0.2, -0.15) is 0 Å². The van der Waals surface area contributed by atoms with Crippen molar-refractivity contribution < 1.29 is 4.74 Å². The molecule has 1 spiro atoms. The zero-order valence-corrected chi connectivity index (χ0v) is 36.3. The molecule has 1 unspecified atom stereocenters. The molecule has 0 fully saturated rings. The number of benzene rings is 9. The summed E-state index contributed by atoms with van der Waals surface area (Å²) in [6.07, 6.45) is 10.1. The quantitative estimate of drug-likeness (QED) is 0.166. The fourth-order valence-corrected chi connectivity index (χ4v) is 11.1. The number of nitrogens with zero attached hydrogens (tertiary/aromatic N) is 2. The van der Waals surface area contributed by atoms with Gasteiger partial charge < -0.3 is 14.5 Å². The van der Waals surface area contributed by atoms with E-state index in [0.29, 0.717) is 0 Å². The second kappa shape index (κ2) is 15.4. The lowest BCUT2D eigenvalue weighted by molar-refractivity contribution is 0.430. The number of hydrogen-bond donors (Lipinski definition) is 0. The molecule has 0 bridgehead atoms. The third-order valence-corrected chi connectivity index (χ3v) is 14.1. The standard InChI is InChI=1S/C63H44N2O/c1-2-14-43(15-3-1)44-28-34-49(35-29-44)64(50-36-30-45(31-37-50)46-32-38-51(39-33-46)65-59-22-10-4-16-47(59)26-27-48-17-5-11-23-60(48)65)52-40-41-54-53-18-6-7-19-55(53)63(58(54)42-52)56-20-8-12-24-61(56)66-62-25-13-9-21-57(62)63/h1-41,52H,42H2. The number of fused-ring (bicyclic) bond motifs is 10. The fourth-order valence-electron chi connectivity index (χ4n) is 11.1. The first-order chi connectivity index (χ1) is 32.7. The molecule has 2 aliphatic carbocycles. The van der Waals surface area contributed by atoms with Crippen LogP contribution in [0.2, 0.25) is 0 Å². The van der Waals surface area contributed by atoms with Crippen molar-refractivity contribution in [3.8, 4) is 33.8 Å². The SMILES string of the molecule is C1=CC(N(c2ccc(-c3ccccc3)cc2)c2ccc(-c3ccc(N4c5ccccc5C=Cc5ccccc54)cc3)cc2)CC2=C1c1ccccc1C21c2ccccc2Oc2ccccc21. The molecule has 1 atom stereocenters. The van der Waals surface area contributed by atoms with E-state index in [1.807, 2.05) is 0 Å². The summed E-state index contributed by atoms with van der Waals surface area (Å²) in [7, 11) is 0. The monoisotopic (exact) mass is 844 g/mol. The Morgan fingerprint density at radius 3 is 1.48 bits per heavy atom. The van der Waals surface area contributed by atoms with Gasteiger partial charge in [-0.25, -0.2) is 0 Å². The van der Waals surface area contributed by atoms with Gasteiger partial charge in [-0.3, -0.25) is 0 Å². The van der Waals surface area contributed by atoms with Crippen LogP contribution < -0.4 is 14.5 Å². The molecule has 66 heavy (non-hydrogen) atoms. The van der Waals surface area contributed by atoms with Crippen LogP contribution >= 0.6 is 0 Å². The van der Waals surface area contributed by atoms with E-state index in [2.05, 4.69) is 259 Å². The van der Waals surface area contributed by atoms with Gasteiger partial charge in [0.2, 0.25) is 0 Å². The van der Waals surface area contributed by atoms with E-state index in [9.17, 15) is 0 Å². The van der Waals surface area contributed by atoms with Gasteiger partial charge in [0.05, 0.1) is 22.8 Å². The van der Waals surface area contributed by atoms with E-state index < -0.39 is 5.41 Å². The van der Waals surface area contributed by atoms with Crippen molar-refractivity contribution in [1.82, 2.24) is 0 Å². The molecule has 0 saturated heterocycles. The summed E-state index contributed by atoms with van der Waals surface area (Å²) in [5.41, 5.74) is 20.2. The molecular weight excluding hydrogens is 801 g/mol. The van der Waals surface area contributed by atoms with Crippen LogP contribution in [0.5, 0.6) is 11.5 Å². The molecule has 3 nitrogen and oxygen atoms in total. The topological polar surface area (TPSA) is 15.7 Å². The molecule has 0 aromatic heterocycles. The lowest BCUT2D eigenvalue weighted by atomic mass is 9.63. The Balaban J connectivity index is 0.891. The number of anilines is 5. The van der Waals surface area contributed by atoms with Crippen LogP contribution in [-0.4, -0.2) is 6.04 Å². The van der Waals surface area contributed by atoms with Crippen LogP contribution in [0, 0.1) is 0 Å². The maximum atomic E-state index is 6.68. The third-order valence-electron chi connectivity index (χ3n) is 14.1. The highest BCUT2D eigenvalue weighted by molar-refractivity contribution is 5.95. The highest BCUT2D eigenvalue weighted by Gasteiger charge is 2.53. The second-order valence-electron chi connectivity index (χ2n) is 17.6. The first kappa shape index (κ1) is 38.1. The van der Waals surface area contributed by atoms with Crippen molar-refractivity contribution in [1.29, 1.82) is 0 Å². The van der Waals surface area contributed by atoms with Crippen molar-refractivity contribution in [2.75, 3.05) is 9.80 Å². The van der Waals surface area contributed by atoms with Crippen molar-refractivity contribution in [2.24, 2.45) is 0 Å². The van der Waals surface area contributed by atoms with Crippen LogP contribution in [-0.2, 0) is 5.41 Å². The molecule has 0 amide bonds. The number of para-hydroxylation sites is 4. The molecule has 9 aromatic rings. The summed E-state index contributed by atoms with van der Waals surface area (Å²) in [6, 6.07) is 81.6. The van der Waals surface area contributed by atoms with E-state index in [1.165, 1.54) is 78.2 Å². The maximum absolute atomic E-state index is 6.68. The Morgan fingerprint density at radius 2 is 0.894 bits per heavy atom. The average Bonchev–Trinajstić information content (AvgIpc) is 3.55. The Labute approximate surface area is 386 Å². The normalized spacial score (nSPS) is 15.7. The van der Waals surface area contributed by atoms with Crippen molar-refractivity contribution >= 4 is 46.2 Å². The molecule has 0 saturated carbocycles. The van der Waals surface area contributed by atoms with Crippen molar-refractivity contribution in [3.05, 3.63) is 276 Å². The van der Waals surface area contributed by atoms with Gasteiger partial charge in [-0.15, -0.1) is 0 Å². The average molecular weight is 845 g/mol. The zero-order chi connectivity index (χ0) is 43.6. The second-order valence-corrected chi connectivity index (χ2v) is 17.6. The third kappa shape index (κ3) is 5.97. The maximum Gasteiger partial charge on any atom is 0.132 e. The first-order valence-electron chi connectivity index (χ1n) is 22.9. The predicted molar refractivity (Wildman–Crippen MR) is 273 cm³/mol. The van der Waals surface area contributed by atoms with E-state index in [0.717, 1.165) is 35.0 Å². The lowest BCUT2D eigenvalue weighted by Crippen LogP contribution is -2.38. The number of ether oxygens (including phenoxy) is 1. The smallest absolute Gasteiger partial charge is 0.132 e. The molecule has 13 rings (SSSR count). The molecule has 9 aromatic carbocycles. The predicted octanol–water partition coefficient (Wildman–Crippen LogP) is 16.3. The van der Waals surface area contributed by atoms with Gasteiger partial charge in [0.25, 0.3) is 0 Å². The summed E-state index contributed by atoms with van der Waals surface area (Å²) in [6.45, 7) is 0. The fraction of sp³-hybridized carbons (Fsp3) is 0.0476. The molecule has 312 valence electrons. The lowest BCUT2D eigenvalue weighted by Gasteiger charge is -2.43. The first-order valence-corrected chi connectivity index (χ1v) is 22.9. The molecule has 0 radical (unpaired) electrons. The summed E-state index contributed by atoms with van der Waals surface area (Å²) in [5, 5.41) is 0. The molecular formula is C63H44N2O. The molecule has 3 heteroatoms. The van der Waals surface area contributed by atoms with Crippen LogP contribution in [0.1, 0.15) is 39.8 Å². The van der Waals surface area contributed by atoms with E-state index in [1.54, 1.807) is 0 Å². The molecule has 0 N–H and O–H groups in total. The Bertz CT molecular complexity index is 3320. The van der Waals surface area contributed by atoms with E-state index in [4.69, 9.17) is 4.74 Å². The van der Waals surface area contributed by atoms with Gasteiger partial charge in [-0.05, 0) is 123 Å². The van der Waals surface area contributed by atoms with Gasteiger partial charge >= 0.3 is 0 Å². The number of hydrogen-bond acceptors (Lipinski definition) is 3. The number of rotatable bonds is 6. The van der Waals surface area contributed by atoms with Crippen LogP contribution in [0.3, 0.4) is 0 Å².